The molecule has 1 aromatic carbocycles. The summed E-state index contributed by atoms with van der Waals surface area (Å²) in [5.41, 5.74) is 0.825. The predicted molar refractivity (Wildman–Crippen MR) is 83.8 cm³/mol. The number of hydrogen-bond acceptors (Lipinski definition) is 4. The van der Waals surface area contributed by atoms with E-state index in [1.165, 1.54) is 13.2 Å². The van der Waals surface area contributed by atoms with Crippen LogP contribution in [0.1, 0.15) is 5.56 Å². The van der Waals surface area contributed by atoms with Crippen LogP contribution in [0.15, 0.2) is 41.0 Å². The monoisotopic (exact) mass is 390 g/mol. The van der Waals surface area contributed by atoms with E-state index in [2.05, 4.69) is 26.2 Å². The normalized spacial score (nSPS) is 11.2. The number of nitrogens with one attached hydrogen (secondary N) is 1. The predicted octanol–water partition coefficient (Wildman–Crippen LogP) is 4.41. The molecule has 2 aromatic rings. The molecule has 0 atom stereocenters. The van der Waals surface area contributed by atoms with E-state index in [-0.39, 0.29) is 11.5 Å². The van der Waals surface area contributed by atoms with Crippen molar-refractivity contribution in [2.24, 2.45) is 0 Å². The summed E-state index contributed by atoms with van der Waals surface area (Å²) in [6.45, 7) is -0.908. The van der Waals surface area contributed by atoms with Crippen LogP contribution in [0.25, 0.3) is 0 Å². The van der Waals surface area contributed by atoms with Gasteiger partial charge in [0.15, 0.2) is 18.1 Å². The van der Waals surface area contributed by atoms with Crippen molar-refractivity contribution >= 4 is 21.7 Å². The van der Waals surface area contributed by atoms with Gasteiger partial charge in [-0.05, 0) is 45.8 Å². The number of aromatic nitrogens is 1. The third-order valence-corrected chi connectivity index (χ3v) is 3.29. The zero-order valence-corrected chi connectivity index (χ0v) is 13.7. The minimum atomic E-state index is -4.39. The summed E-state index contributed by atoms with van der Waals surface area (Å²) < 4.78 is 47.3. The third-order valence-electron chi connectivity index (χ3n) is 2.82. The van der Waals surface area contributed by atoms with Crippen molar-refractivity contribution in [3.05, 3.63) is 46.6 Å². The Balaban J connectivity index is 2.01. The Morgan fingerprint density at radius 3 is 2.57 bits per heavy atom. The Hall–Kier alpha value is -1.96. The third kappa shape index (κ3) is 5.63. The highest BCUT2D eigenvalue weighted by molar-refractivity contribution is 9.10. The van der Waals surface area contributed by atoms with Crippen molar-refractivity contribution < 1.29 is 22.6 Å². The molecular formula is C15H14BrF3N2O2. The highest BCUT2D eigenvalue weighted by atomic mass is 79.9. The lowest BCUT2D eigenvalue weighted by molar-refractivity contribution is -0.153. The molecule has 1 N–H and O–H groups in total. The average molecular weight is 391 g/mol. The molecule has 0 unspecified atom stereocenters. The maximum absolute atomic E-state index is 12.2. The van der Waals surface area contributed by atoms with E-state index in [9.17, 15) is 13.2 Å². The Labute approximate surface area is 139 Å². The molecule has 0 saturated carbocycles. The van der Waals surface area contributed by atoms with Crippen molar-refractivity contribution in [3.63, 3.8) is 0 Å². The minimum Gasteiger partial charge on any atom is -0.493 e. The highest BCUT2D eigenvalue weighted by Crippen LogP contribution is 2.30. The summed E-state index contributed by atoms with van der Waals surface area (Å²) in [6, 6.07) is 8.40. The van der Waals surface area contributed by atoms with Crippen molar-refractivity contribution in [1.29, 1.82) is 0 Å². The van der Waals surface area contributed by atoms with Crippen LogP contribution < -0.4 is 14.8 Å². The SMILES string of the molecule is COc1cc(CNc2ccc(Br)cn2)ccc1OCC(F)(F)F. The Bertz CT molecular complexity index is 648. The molecule has 2 rings (SSSR count). The van der Waals surface area contributed by atoms with Crippen LogP contribution in [0.5, 0.6) is 11.5 Å². The molecule has 1 heterocycles. The summed E-state index contributed by atoms with van der Waals surface area (Å²) in [4.78, 5) is 4.17. The molecule has 124 valence electrons. The number of pyridine rings is 1. The van der Waals surface area contributed by atoms with Crippen LogP contribution in [0.4, 0.5) is 19.0 Å². The maximum atomic E-state index is 12.2. The summed E-state index contributed by atoms with van der Waals surface area (Å²) >= 11 is 3.30. The zero-order valence-electron chi connectivity index (χ0n) is 12.2. The molecule has 0 aliphatic carbocycles. The van der Waals surface area contributed by atoms with Gasteiger partial charge in [-0.2, -0.15) is 13.2 Å². The van der Waals surface area contributed by atoms with Gasteiger partial charge in [0.05, 0.1) is 7.11 Å². The molecule has 1 aromatic heterocycles. The molecular weight excluding hydrogens is 377 g/mol. The van der Waals surface area contributed by atoms with Crippen molar-refractivity contribution in [3.8, 4) is 11.5 Å². The quantitative estimate of drug-likeness (QED) is 0.793. The van der Waals surface area contributed by atoms with Crippen LogP contribution >= 0.6 is 15.9 Å². The molecule has 0 spiro atoms. The second-order valence-corrected chi connectivity index (χ2v) is 5.52. The summed E-state index contributed by atoms with van der Waals surface area (Å²) in [5.74, 6) is 0.984. The molecule has 0 fully saturated rings. The van der Waals surface area contributed by atoms with Gasteiger partial charge in [0.2, 0.25) is 0 Å². The van der Waals surface area contributed by atoms with Crippen LogP contribution in [0.2, 0.25) is 0 Å². The van der Waals surface area contributed by atoms with Crippen molar-refractivity contribution in [2.45, 2.75) is 12.7 Å². The molecule has 4 nitrogen and oxygen atoms in total. The van der Waals surface area contributed by atoms with E-state index >= 15 is 0 Å². The summed E-state index contributed by atoms with van der Waals surface area (Å²) in [5, 5.41) is 3.11. The molecule has 8 heteroatoms. The van der Waals surface area contributed by atoms with Crippen molar-refractivity contribution in [2.75, 3.05) is 19.0 Å². The van der Waals surface area contributed by atoms with E-state index in [1.807, 2.05) is 12.1 Å². The number of halogens is 4. The molecule has 0 radical (unpaired) electrons. The fourth-order valence-corrected chi connectivity index (χ4v) is 2.01. The second-order valence-electron chi connectivity index (χ2n) is 4.60. The fourth-order valence-electron chi connectivity index (χ4n) is 1.77. The molecule has 0 aliphatic heterocycles. The Kier molecular flexibility index (Phi) is 5.70. The van der Waals surface area contributed by atoms with Crippen LogP contribution in [-0.4, -0.2) is 24.9 Å². The van der Waals surface area contributed by atoms with E-state index in [1.54, 1.807) is 18.3 Å². The first-order valence-electron chi connectivity index (χ1n) is 6.59. The van der Waals surface area contributed by atoms with E-state index in [4.69, 9.17) is 9.47 Å². The lowest BCUT2D eigenvalue weighted by Gasteiger charge is -2.14. The summed E-state index contributed by atoms with van der Waals surface area (Å²) in [7, 11) is 1.38. The molecule has 23 heavy (non-hydrogen) atoms. The number of benzene rings is 1. The van der Waals surface area contributed by atoms with E-state index in [0.717, 1.165) is 10.0 Å². The largest absolute Gasteiger partial charge is 0.493 e. The first-order chi connectivity index (χ1) is 10.9. The molecule has 0 amide bonds. The first kappa shape index (κ1) is 17.4. The highest BCUT2D eigenvalue weighted by Gasteiger charge is 2.29. The van der Waals surface area contributed by atoms with Gasteiger partial charge in [0.1, 0.15) is 5.82 Å². The van der Waals surface area contributed by atoms with Gasteiger partial charge in [0, 0.05) is 17.2 Å². The first-order valence-corrected chi connectivity index (χ1v) is 7.38. The van der Waals surface area contributed by atoms with Crippen LogP contribution in [0, 0.1) is 0 Å². The van der Waals surface area contributed by atoms with Gasteiger partial charge < -0.3 is 14.8 Å². The van der Waals surface area contributed by atoms with E-state index in [0.29, 0.717) is 12.4 Å². The Morgan fingerprint density at radius 2 is 1.96 bits per heavy atom. The summed E-state index contributed by atoms with van der Waals surface area (Å²) in [6.07, 6.45) is -2.73. The van der Waals surface area contributed by atoms with Gasteiger partial charge in [-0.3, -0.25) is 0 Å². The van der Waals surface area contributed by atoms with Gasteiger partial charge in [-0.25, -0.2) is 4.98 Å². The van der Waals surface area contributed by atoms with Crippen LogP contribution in [-0.2, 0) is 6.54 Å². The molecule has 0 aliphatic rings. The number of ether oxygens (including phenoxy) is 2. The standard InChI is InChI=1S/C15H14BrF3N2O2/c1-22-13-6-10(2-4-12(13)23-9-15(17,18)19)7-20-14-5-3-11(16)8-21-14/h2-6,8H,7,9H2,1H3,(H,20,21). The second kappa shape index (κ2) is 7.54. The number of methoxy groups -OCH3 is 1. The molecule has 0 saturated heterocycles. The van der Waals surface area contributed by atoms with Crippen molar-refractivity contribution in [1.82, 2.24) is 4.98 Å². The lowest BCUT2D eigenvalue weighted by Crippen LogP contribution is -2.19. The van der Waals surface area contributed by atoms with E-state index < -0.39 is 12.8 Å². The number of rotatable bonds is 6. The number of nitrogens with zero attached hydrogens (tertiary/aromatic N) is 1. The lowest BCUT2D eigenvalue weighted by atomic mass is 10.2. The number of alkyl halides is 3. The fraction of sp³-hybridized carbons (Fsp3) is 0.267. The molecule has 0 bridgehead atoms. The van der Waals surface area contributed by atoms with Gasteiger partial charge >= 0.3 is 6.18 Å². The average Bonchev–Trinajstić information content (AvgIpc) is 2.52. The maximum Gasteiger partial charge on any atom is 0.422 e. The number of anilines is 1. The topological polar surface area (TPSA) is 43.4 Å². The Morgan fingerprint density at radius 1 is 1.17 bits per heavy atom. The van der Waals surface area contributed by atoms with Gasteiger partial charge in [-0.15, -0.1) is 0 Å². The van der Waals surface area contributed by atoms with Crippen LogP contribution in [0.3, 0.4) is 0 Å². The van der Waals surface area contributed by atoms with Gasteiger partial charge in [-0.1, -0.05) is 6.07 Å². The zero-order chi connectivity index (χ0) is 16.9. The van der Waals surface area contributed by atoms with Gasteiger partial charge in [0.25, 0.3) is 0 Å². The number of hydrogen-bond donors (Lipinski definition) is 1. The minimum absolute atomic E-state index is 0.0512. The smallest absolute Gasteiger partial charge is 0.422 e.